The van der Waals surface area contributed by atoms with Gasteiger partial charge in [0.25, 0.3) is 0 Å². The summed E-state index contributed by atoms with van der Waals surface area (Å²) in [5.74, 6) is 1.65. The summed E-state index contributed by atoms with van der Waals surface area (Å²) in [6.07, 6.45) is 6.80. The van der Waals surface area contributed by atoms with E-state index >= 15 is 0 Å². The standard InChI is InChI=1S/C19H27N3O3/c1-13-12-16(20-25-13)17-4-2-3-9-22(17)19(24)15-7-10-21(11-8-15)18(23)14-5-6-14/h12,14-15,17H,2-11H2,1H3. The van der Waals surface area contributed by atoms with Crippen LogP contribution >= 0.6 is 0 Å². The molecule has 6 nitrogen and oxygen atoms in total. The van der Waals surface area contributed by atoms with Gasteiger partial charge in [-0.3, -0.25) is 9.59 Å². The molecule has 3 fully saturated rings. The fourth-order valence-electron chi connectivity index (χ4n) is 4.22. The largest absolute Gasteiger partial charge is 0.361 e. The second-order valence-corrected chi connectivity index (χ2v) is 7.78. The normalized spacial score (nSPS) is 25.2. The molecule has 1 aliphatic carbocycles. The Morgan fingerprint density at radius 1 is 1.00 bits per heavy atom. The molecule has 0 bridgehead atoms. The molecule has 2 saturated heterocycles. The van der Waals surface area contributed by atoms with E-state index in [1.807, 2.05) is 22.8 Å². The maximum absolute atomic E-state index is 13.1. The summed E-state index contributed by atoms with van der Waals surface area (Å²) in [7, 11) is 0. The van der Waals surface area contributed by atoms with Crippen molar-refractivity contribution in [2.45, 2.75) is 57.9 Å². The lowest BCUT2D eigenvalue weighted by Gasteiger charge is -2.39. The maximum atomic E-state index is 13.1. The van der Waals surface area contributed by atoms with Crippen LogP contribution in [0.5, 0.6) is 0 Å². The monoisotopic (exact) mass is 345 g/mol. The van der Waals surface area contributed by atoms with Gasteiger partial charge < -0.3 is 14.3 Å². The number of amides is 2. The lowest BCUT2D eigenvalue weighted by Crippen LogP contribution is -2.47. The van der Waals surface area contributed by atoms with E-state index < -0.39 is 0 Å². The van der Waals surface area contributed by atoms with Crippen molar-refractivity contribution in [1.82, 2.24) is 15.0 Å². The first-order valence-electron chi connectivity index (χ1n) is 9.66. The third kappa shape index (κ3) is 3.44. The van der Waals surface area contributed by atoms with Gasteiger partial charge in [-0.2, -0.15) is 0 Å². The van der Waals surface area contributed by atoms with Crippen LogP contribution in [0.3, 0.4) is 0 Å². The van der Waals surface area contributed by atoms with E-state index in [9.17, 15) is 9.59 Å². The van der Waals surface area contributed by atoms with E-state index in [0.717, 1.165) is 76.0 Å². The predicted octanol–water partition coefficient (Wildman–Crippen LogP) is 2.69. The highest BCUT2D eigenvalue weighted by Gasteiger charge is 2.38. The Labute approximate surface area is 148 Å². The van der Waals surface area contributed by atoms with Crippen LogP contribution in [0.1, 0.15) is 62.4 Å². The number of carbonyl (C=O) groups excluding carboxylic acids is 2. The second-order valence-electron chi connectivity index (χ2n) is 7.78. The van der Waals surface area contributed by atoms with Gasteiger partial charge in [0, 0.05) is 37.5 Å². The SMILES string of the molecule is Cc1cc(C2CCCCN2C(=O)C2CCN(C(=O)C3CC3)CC2)no1. The number of aryl methyl sites for hydroxylation is 1. The molecule has 3 heterocycles. The van der Waals surface area contributed by atoms with Crippen LogP contribution in [0, 0.1) is 18.8 Å². The Morgan fingerprint density at radius 2 is 1.72 bits per heavy atom. The molecule has 0 spiro atoms. The molecule has 136 valence electrons. The van der Waals surface area contributed by atoms with Crippen LogP contribution in [-0.4, -0.2) is 46.4 Å². The Hall–Kier alpha value is -1.85. The molecule has 4 rings (SSSR count). The molecule has 1 aromatic rings. The fraction of sp³-hybridized carbons (Fsp3) is 0.737. The van der Waals surface area contributed by atoms with Crippen molar-refractivity contribution in [3.05, 3.63) is 17.5 Å². The average molecular weight is 345 g/mol. The Kier molecular flexibility index (Phi) is 4.52. The van der Waals surface area contributed by atoms with E-state index in [1.54, 1.807) is 0 Å². The minimum Gasteiger partial charge on any atom is -0.361 e. The number of piperidine rings is 2. The zero-order chi connectivity index (χ0) is 17.4. The minimum atomic E-state index is 0.0388. The van der Waals surface area contributed by atoms with E-state index in [0.29, 0.717) is 5.91 Å². The summed E-state index contributed by atoms with van der Waals surface area (Å²) < 4.78 is 5.23. The molecule has 1 aromatic heterocycles. The van der Waals surface area contributed by atoms with Crippen molar-refractivity contribution in [2.75, 3.05) is 19.6 Å². The van der Waals surface area contributed by atoms with E-state index in [2.05, 4.69) is 5.16 Å². The van der Waals surface area contributed by atoms with Crippen molar-refractivity contribution in [3.63, 3.8) is 0 Å². The molecule has 2 amide bonds. The van der Waals surface area contributed by atoms with Crippen LogP contribution in [0.2, 0.25) is 0 Å². The number of nitrogens with zero attached hydrogens (tertiary/aromatic N) is 3. The Balaban J connectivity index is 1.40. The molecule has 0 N–H and O–H groups in total. The lowest BCUT2D eigenvalue weighted by molar-refractivity contribution is -0.144. The molecule has 2 aliphatic heterocycles. The van der Waals surface area contributed by atoms with Gasteiger partial charge in [0.1, 0.15) is 11.5 Å². The molecule has 1 atom stereocenters. The maximum Gasteiger partial charge on any atom is 0.226 e. The number of hydrogen-bond acceptors (Lipinski definition) is 4. The first kappa shape index (κ1) is 16.6. The third-order valence-electron chi connectivity index (χ3n) is 5.86. The smallest absolute Gasteiger partial charge is 0.226 e. The van der Waals surface area contributed by atoms with E-state index in [1.165, 1.54) is 0 Å². The van der Waals surface area contributed by atoms with Crippen molar-refractivity contribution in [2.24, 2.45) is 11.8 Å². The highest BCUT2D eigenvalue weighted by Crippen LogP contribution is 2.35. The van der Waals surface area contributed by atoms with Gasteiger partial charge >= 0.3 is 0 Å². The van der Waals surface area contributed by atoms with Crippen LogP contribution < -0.4 is 0 Å². The summed E-state index contributed by atoms with van der Waals surface area (Å²) in [4.78, 5) is 29.3. The van der Waals surface area contributed by atoms with Gasteiger partial charge in [-0.25, -0.2) is 0 Å². The number of carbonyl (C=O) groups is 2. The number of aromatic nitrogens is 1. The van der Waals surface area contributed by atoms with Crippen LogP contribution in [-0.2, 0) is 9.59 Å². The molecular weight excluding hydrogens is 318 g/mol. The molecule has 6 heteroatoms. The van der Waals surface area contributed by atoms with E-state index in [4.69, 9.17) is 4.52 Å². The van der Waals surface area contributed by atoms with Crippen molar-refractivity contribution in [3.8, 4) is 0 Å². The van der Waals surface area contributed by atoms with E-state index in [-0.39, 0.29) is 23.8 Å². The fourth-order valence-corrected chi connectivity index (χ4v) is 4.22. The number of hydrogen-bond donors (Lipinski definition) is 0. The zero-order valence-electron chi connectivity index (χ0n) is 14.9. The minimum absolute atomic E-state index is 0.0388. The Morgan fingerprint density at radius 3 is 2.36 bits per heavy atom. The zero-order valence-corrected chi connectivity index (χ0v) is 14.9. The van der Waals surface area contributed by atoms with Crippen LogP contribution in [0.25, 0.3) is 0 Å². The molecule has 1 saturated carbocycles. The van der Waals surface area contributed by atoms with Gasteiger partial charge in [-0.15, -0.1) is 0 Å². The first-order valence-corrected chi connectivity index (χ1v) is 9.66. The second kappa shape index (κ2) is 6.81. The predicted molar refractivity (Wildman–Crippen MR) is 91.6 cm³/mol. The quantitative estimate of drug-likeness (QED) is 0.845. The van der Waals surface area contributed by atoms with Crippen LogP contribution in [0.15, 0.2) is 10.6 Å². The lowest BCUT2D eigenvalue weighted by atomic mass is 9.91. The molecule has 25 heavy (non-hydrogen) atoms. The van der Waals surface area contributed by atoms with Crippen molar-refractivity contribution >= 4 is 11.8 Å². The van der Waals surface area contributed by atoms with Gasteiger partial charge in [-0.05, 0) is 51.9 Å². The first-order chi connectivity index (χ1) is 12.1. The topological polar surface area (TPSA) is 66.7 Å². The third-order valence-corrected chi connectivity index (χ3v) is 5.86. The van der Waals surface area contributed by atoms with Gasteiger partial charge in [0.2, 0.25) is 11.8 Å². The molecular formula is C19H27N3O3. The highest BCUT2D eigenvalue weighted by atomic mass is 16.5. The summed E-state index contributed by atoms with van der Waals surface area (Å²) in [5.41, 5.74) is 0.881. The van der Waals surface area contributed by atoms with Crippen LogP contribution in [0.4, 0.5) is 0 Å². The highest BCUT2D eigenvalue weighted by molar-refractivity contribution is 5.82. The number of likely N-dealkylation sites (tertiary alicyclic amines) is 2. The molecule has 0 aromatic carbocycles. The molecule has 3 aliphatic rings. The molecule has 0 radical (unpaired) electrons. The summed E-state index contributed by atoms with van der Waals surface area (Å²) >= 11 is 0. The summed E-state index contributed by atoms with van der Waals surface area (Å²) in [6.45, 7) is 4.15. The average Bonchev–Trinajstić information content (AvgIpc) is 3.41. The van der Waals surface area contributed by atoms with Gasteiger partial charge in [0.05, 0.1) is 6.04 Å². The van der Waals surface area contributed by atoms with Crippen molar-refractivity contribution < 1.29 is 14.1 Å². The molecule has 1 unspecified atom stereocenters. The summed E-state index contributed by atoms with van der Waals surface area (Å²) in [6, 6.07) is 2.00. The number of rotatable bonds is 3. The Bertz CT molecular complexity index is 644. The van der Waals surface area contributed by atoms with Crippen molar-refractivity contribution in [1.29, 1.82) is 0 Å². The van der Waals surface area contributed by atoms with Gasteiger partial charge in [-0.1, -0.05) is 5.16 Å². The summed E-state index contributed by atoms with van der Waals surface area (Å²) in [5, 5.41) is 4.16. The van der Waals surface area contributed by atoms with Gasteiger partial charge in [0.15, 0.2) is 0 Å².